The second kappa shape index (κ2) is 5.15. The molecule has 0 fully saturated rings. The Balaban J connectivity index is 3.11. The molecule has 0 saturated carbocycles. The van der Waals surface area contributed by atoms with Gasteiger partial charge in [0.25, 0.3) is 0 Å². The third kappa shape index (κ3) is 2.49. The highest BCUT2D eigenvalue weighted by Gasteiger charge is 2.09. The van der Waals surface area contributed by atoms with Crippen LogP contribution in [0.3, 0.4) is 0 Å². The lowest BCUT2D eigenvalue weighted by Gasteiger charge is -2.15. The molecule has 0 heterocycles. The molecule has 84 valence electrons. The average molecular weight is 210 g/mol. The molecule has 15 heavy (non-hydrogen) atoms. The smallest absolute Gasteiger partial charge is 0.122 e. The van der Waals surface area contributed by atoms with Crippen LogP contribution in [0.15, 0.2) is 6.07 Å². The summed E-state index contributed by atoms with van der Waals surface area (Å²) in [6, 6.07) is 2.04. The number of halogens is 1. The van der Waals surface area contributed by atoms with E-state index in [1.165, 1.54) is 16.7 Å². The minimum absolute atomic E-state index is 0.246. The Morgan fingerprint density at radius 3 is 2.40 bits per heavy atom. The largest absolute Gasteiger partial charge is 0.496 e. The predicted molar refractivity (Wildman–Crippen MR) is 61.5 cm³/mol. The Labute approximate surface area is 91.3 Å². The van der Waals surface area contributed by atoms with Crippen LogP contribution in [0.4, 0.5) is 4.39 Å². The van der Waals surface area contributed by atoms with Crippen molar-refractivity contribution in [1.29, 1.82) is 0 Å². The van der Waals surface area contributed by atoms with Crippen molar-refractivity contribution in [3.63, 3.8) is 0 Å². The fraction of sp³-hybridized carbons (Fsp3) is 0.538. The van der Waals surface area contributed by atoms with E-state index in [4.69, 9.17) is 4.74 Å². The number of hydrogen-bond donors (Lipinski definition) is 0. The first-order valence-corrected chi connectivity index (χ1v) is 5.31. The molecule has 0 aliphatic rings. The summed E-state index contributed by atoms with van der Waals surface area (Å²) < 4.78 is 17.5. The van der Waals surface area contributed by atoms with Crippen LogP contribution in [-0.4, -0.2) is 13.8 Å². The van der Waals surface area contributed by atoms with E-state index in [0.717, 1.165) is 17.7 Å². The van der Waals surface area contributed by atoms with Gasteiger partial charge in [-0.05, 0) is 61.9 Å². The van der Waals surface area contributed by atoms with Crippen LogP contribution < -0.4 is 4.74 Å². The maximum atomic E-state index is 12.2. The molecule has 0 aliphatic heterocycles. The Kier molecular flexibility index (Phi) is 4.13. The Morgan fingerprint density at radius 1 is 1.20 bits per heavy atom. The Bertz CT molecular complexity index is 345. The summed E-state index contributed by atoms with van der Waals surface area (Å²) >= 11 is 0. The zero-order valence-corrected chi connectivity index (χ0v) is 9.98. The highest BCUT2D eigenvalue weighted by molar-refractivity contribution is 5.48. The molecule has 0 unspecified atom stereocenters. The van der Waals surface area contributed by atoms with Crippen molar-refractivity contribution >= 4 is 0 Å². The fourth-order valence-corrected chi connectivity index (χ4v) is 1.94. The number of rotatable bonds is 4. The molecule has 1 rings (SSSR count). The first-order chi connectivity index (χ1) is 7.11. The van der Waals surface area contributed by atoms with Gasteiger partial charge in [-0.3, -0.25) is 4.39 Å². The number of methoxy groups -OCH3 is 1. The summed E-state index contributed by atoms with van der Waals surface area (Å²) in [6.07, 6.45) is 1.42. The van der Waals surface area contributed by atoms with Crippen LogP contribution >= 0.6 is 0 Å². The average Bonchev–Trinajstić information content (AvgIpc) is 2.23. The second-order valence-electron chi connectivity index (χ2n) is 3.92. The second-order valence-corrected chi connectivity index (χ2v) is 3.92. The molecule has 1 nitrogen and oxygen atoms in total. The highest BCUT2D eigenvalue weighted by atomic mass is 19.1. The van der Waals surface area contributed by atoms with E-state index in [-0.39, 0.29) is 6.67 Å². The molecule has 0 N–H and O–H groups in total. The number of alkyl halides is 1. The zero-order chi connectivity index (χ0) is 11.4. The zero-order valence-electron chi connectivity index (χ0n) is 9.98. The summed E-state index contributed by atoms with van der Waals surface area (Å²) in [6.45, 7) is 5.94. The molecular weight excluding hydrogens is 191 g/mol. The van der Waals surface area contributed by atoms with E-state index in [1.807, 2.05) is 13.0 Å². The van der Waals surface area contributed by atoms with E-state index in [1.54, 1.807) is 7.11 Å². The summed E-state index contributed by atoms with van der Waals surface area (Å²) in [7, 11) is 1.68. The molecular formula is C13H19FO. The number of hydrogen-bond acceptors (Lipinski definition) is 1. The SMILES string of the molecule is COc1cc(C)c(CCCF)c(C)c1C. The summed E-state index contributed by atoms with van der Waals surface area (Å²) in [5.41, 5.74) is 4.87. The third-order valence-electron chi connectivity index (χ3n) is 2.99. The van der Waals surface area contributed by atoms with Crippen molar-refractivity contribution in [2.24, 2.45) is 0 Å². The summed E-state index contributed by atoms with van der Waals surface area (Å²) in [5, 5.41) is 0. The van der Waals surface area contributed by atoms with Crippen molar-refractivity contribution in [2.45, 2.75) is 33.6 Å². The van der Waals surface area contributed by atoms with E-state index in [9.17, 15) is 4.39 Å². The topological polar surface area (TPSA) is 9.23 Å². The van der Waals surface area contributed by atoms with Gasteiger partial charge in [-0.2, -0.15) is 0 Å². The van der Waals surface area contributed by atoms with Gasteiger partial charge >= 0.3 is 0 Å². The van der Waals surface area contributed by atoms with Crippen molar-refractivity contribution in [1.82, 2.24) is 0 Å². The third-order valence-corrected chi connectivity index (χ3v) is 2.99. The maximum absolute atomic E-state index is 12.2. The van der Waals surface area contributed by atoms with E-state index in [0.29, 0.717) is 6.42 Å². The minimum Gasteiger partial charge on any atom is -0.496 e. The van der Waals surface area contributed by atoms with Crippen molar-refractivity contribution < 1.29 is 9.13 Å². The predicted octanol–water partition coefficient (Wildman–Crippen LogP) is 3.52. The van der Waals surface area contributed by atoms with Crippen LogP contribution in [-0.2, 0) is 6.42 Å². The van der Waals surface area contributed by atoms with Crippen molar-refractivity contribution in [3.8, 4) is 5.75 Å². The van der Waals surface area contributed by atoms with Crippen LogP contribution in [0.5, 0.6) is 5.75 Å². The van der Waals surface area contributed by atoms with Gasteiger partial charge in [0, 0.05) is 0 Å². The number of benzene rings is 1. The Morgan fingerprint density at radius 2 is 1.87 bits per heavy atom. The van der Waals surface area contributed by atoms with Crippen LogP contribution in [0.2, 0.25) is 0 Å². The van der Waals surface area contributed by atoms with Gasteiger partial charge in [-0.25, -0.2) is 0 Å². The van der Waals surface area contributed by atoms with E-state index < -0.39 is 0 Å². The summed E-state index contributed by atoms with van der Waals surface area (Å²) in [4.78, 5) is 0. The first kappa shape index (κ1) is 12.0. The molecule has 0 atom stereocenters. The molecule has 0 aliphatic carbocycles. The molecule has 0 saturated heterocycles. The molecule has 0 bridgehead atoms. The lowest BCUT2D eigenvalue weighted by Crippen LogP contribution is -2.00. The standard InChI is InChI=1S/C13H19FO/c1-9-8-13(15-4)11(3)10(2)12(9)6-5-7-14/h8H,5-7H2,1-4H3. The van der Waals surface area contributed by atoms with E-state index in [2.05, 4.69) is 13.8 Å². The van der Waals surface area contributed by atoms with Gasteiger partial charge in [-0.1, -0.05) is 0 Å². The fourth-order valence-electron chi connectivity index (χ4n) is 1.94. The van der Waals surface area contributed by atoms with Crippen LogP contribution in [0.1, 0.15) is 28.7 Å². The normalized spacial score (nSPS) is 10.5. The maximum Gasteiger partial charge on any atom is 0.122 e. The minimum atomic E-state index is -0.246. The highest BCUT2D eigenvalue weighted by Crippen LogP contribution is 2.28. The lowest BCUT2D eigenvalue weighted by molar-refractivity contribution is 0.410. The molecule has 1 aromatic rings. The molecule has 0 amide bonds. The van der Waals surface area contributed by atoms with Crippen LogP contribution in [0, 0.1) is 20.8 Å². The molecule has 0 spiro atoms. The summed E-state index contributed by atoms with van der Waals surface area (Å²) in [5.74, 6) is 0.925. The van der Waals surface area contributed by atoms with Crippen LogP contribution in [0.25, 0.3) is 0 Å². The van der Waals surface area contributed by atoms with Crippen molar-refractivity contribution in [3.05, 3.63) is 28.3 Å². The van der Waals surface area contributed by atoms with E-state index >= 15 is 0 Å². The van der Waals surface area contributed by atoms with Gasteiger partial charge in [-0.15, -0.1) is 0 Å². The molecule has 0 radical (unpaired) electrons. The van der Waals surface area contributed by atoms with Gasteiger partial charge < -0.3 is 4.74 Å². The lowest BCUT2D eigenvalue weighted by atomic mass is 9.94. The molecule has 1 aromatic carbocycles. The van der Waals surface area contributed by atoms with Gasteiger partial charge in [0.2, 0.25) is 0 Å². The number of ether oxygens (including phenoxy) is 1. The Hall–Kier alpha value is -1.05. The quantitative estimate of drug-likeness (QED) is 0.738. The van der Waals surface area contributed by atoms with Crippen molar-refractivity contribution in [2.75, 3.05) is 13.8 Å². The number of aryl methyl sites for hydroxylation is 1. The van der Waals surface area contributed by atoms with Gasteiger partial charge in [0.1, 0.15) is 5.75 Å². The first-order valence-electron chi connectivity index (χ1n) is 5.31. The monoisotopic (exact) mass is 210 g/mol. The molecule has 2 heteroatoms. The van der Waals surface area contributed by atoms with Gasteiger partial charge in [0.15, 0.2) is 0 Å². The molecule has 0 aromatic heterocycles. The van der Waals surface area contributed by atoms with Gasteiger partial charge in [0.05, 0.1) is 13.8 Å².